The van der Waals surface area contributed by atoms with Crippen molar-refractivity contribution in [2.75, 3.05) is 44.5 Å². The number of nitrogens with one attached hydrogen (secondary N) is 1. The molecule has 0 aliphatic carbocycles. The molecule has 19 heavy (non-hydrogen) atoms. The van der Waals surface area contributed by atoms with E-state index >= 15 is 0 Å². The van der Waals surface area contributed by atoms with Gasteiger partial charge in [0.05, 0.1) is 6.61 Å². The maximum Gasteiger partial charge on any atom is 0.313 e. The molecule has 104 valence electrons. The Morgan fingerprint density at radius 1 is 1.16 bits per heavy atom. The summed E-state index contributed by atoms with van der Waals surface area (Å²) in [6.07, 6.45) is 0. The van der Waals surface area contributed by atoms with Crippen LogP contribution in [0, 0.1) is 0 Å². The number of hydrogen-bond acceptors (Lipinski definition) is 4. The van der Waals surface area contributed by atoms with Crippen molar-refractivity contribution in [1.82, 2.24) is 4.90 Å². The molecule has 0 saturated heterocycles. The number of carbonyl (C=O) groups is 2. The molecule has 0 atom stereocenters. The molecule has 2 amide bonds. The number of likely N-dealkylation sites (N-methyl/N-ethyl adjacent to an activating group) is 1. The summed E-state index contributed by atoms with van der Waals surface area (Å²) >= 11 is 0. The fourth-order valence-electron chi connectivity index (χ4n) is 1.45. The number of anilines is 2. The Kier molecular flexibility index (Phi) is 5.32. The van der Waals surface area contributed by atoms with E-state index in [0.717, 1.165) is 5.69 Å². The van der Waals surface area contributed by atoms with Crippen molar-refractivity contribution in [3.63, 3.8) is 0 Å². The molecule has 0 aliphatic heterocycles. The lowest BCUT2D eigenvalue weighted by Crippen LogP contribution is -2.38. The second kappa shape index (κ2) is 6.75. The Balaban J connectivity index is 2.64. The van der Waals surface area contributed by atoms with Gasteiger partial charge in [0.15, 0.2) is 0 Å². The highest BCUT2D eigenvalue weighted by molar-refractivity contribution is 6.39. The van der Waals surface area contributed by atoms with E-state index in [9.17, 15) is 9.59 Å². The number of carbonyl (C=O) groups excluding carboxylic acids is 2. The highest BCUT2D eigenvalue weighted by atomic mass is 16.3. The molecule has 0 bridgehead atoms. The molecule has 1 aromatic carbocycles. The van der Waals surface area contributed by atoms with E-state index in [1.807, 2.05) is 31.1 Å². The van der Waals surface area contributed by atoms with Crippen LogP contribution < -0.4 is 10.2 Å². The lowest BCUT2D eigenvalue weighted by atomic mass is 10.2. The standard InChI is InChI=1S/C13H19N3O3/c1-15(2)11-6-4-10(5-7-11)14-12(18)13(19)16(3)8-9-17/h4-7,17H,8-9H2,1-3H3,(H,14,18). The SMILES string of the molecule is CN(CCO)C(=O)C(=O)Nc1ccc(N(C)C)cc1. The van der Waals surface area contributed by atoms with Crippen LogP contribution in [0.15, 0.2) is 24.3 Å². The van der Waals surface area contributed by atoms with E-state index in [0.29, 0.717) is 5.69 Å². The minimum absolute atomic E-state index is 0.131. The van der Waals surface area contributed by atoms with Crippen LogP contribution in [-0.4, -0.2) is 56.1 Å². The van der Waals surface area contributed by atoms with Crippen molar-refractivity contribution in [3.8, 4) is 0 Å². The smallest absolute Gasteiger partial charge is 0.313 e. The van der Waals surface area contributed by atoms with Gasteiger partial charge >= 0.3 is 11.8 Å². The number of rotatable bonds is 4. The molecular weight excluding hydrogens is 246 g/mol. The molecule has 1 aromatic rings. The Morgan fingerprint density at radius 2 is 1.74 bits per heavy atom. The summed E-state index contributed by atoms with van der Waals surface area (Å²) in [7, 11) is 5.30. The monoisotopic (exact) mass is 265 g/mol. The second-order valence-electron chi connectivity index (χ2n) is 4.35. The zero-order valence-electron chi connectivity index (χ0n) is 11.4. The van der Waals surface area contributed by atoms with Crippen LogP contribution in [-0.2, 0) is 9.59 Å². The largest absolute Gasteiger partial charge is 0.395 e. The van der Waals surface area contributed by atoms with E-state index in [4.69, 9.17) is 5.11 Å². The zero-order chi connectivity index (χ0) is 14.4. The average Bonchev–Trinajstić information content (AvgIpc) is 2.38. The Morgan fingerprint density at radius 3 is 2.21 bits per heavy atom. The third-order valence-corrected chi connectivity index (χ3v) is 2.62. The van der Waals surface area contributed by atoms with Crippen LogP contribution in [0.3, 0.4) is 0 Å². The highest BCUT2D eigenvalue weighted by Gasteiger charge is 2.18. The first kappa shape index (κ1) is 15.0. The predicted molar refractivity (Wildman–Crippen MR) is 74.1 cm³/mol. The molecule has 2 N–H and O–H groups in total. The summed E-state index contributed by atoms with van der Waals surface area (Å²) in [6.45, 7) is -0.0428. The van der Waals surface area contributed by atoms with E-state index in [1.54, 1.807) is 12.1 Å². The van der Waals surface area contributed by atoms with E-state index < -0.39 is 11.8 Å². The van der Waals surface area contributed by atoms with Crippen LogP contribution >= 0.6 is 0 Å². The third kappa shape index (κ3) is 4.26. The van der Waals surface area contributed by atoms with Crippen LogP contribution in [0.5, 0.6) is 0 Å². The molecule has 0 radical (unpaired) electrons. The number of amides is 2. The Labute approximate surface area is 112 Å². The minimum Gasteiger partial charge on any atom is -0.395 e. The fraction of sp³-hybridized carbons (Fsp3) is 0.385. The van der Waals surface area contributed by atoms with Gasteiger partial charge in [0.25, 0.3) is 0 Å². The van der Waals surface area contributed by atoms with Crippen molar-refractivity contribution in [2.24, 2.45) is 0 Å². The number of hydrogen-bond donors (Lipinski definition) is 2. The summed E-state index contributed by atoms with van der Waals surface area (Å²) in [5.41, 5.74) is 1.56. The molecule has 0 aromatic heterocycles. The van der Waals surface area contributed by atoms with Crippen molar-refractivity contribution < 1.29 is 14.7 Å². The molecule has 6 heteroatoms. The van der Waals surface area contributed by atoms with Crippen molar-refractivity contribution in [1.29, 1.82) is 0 Å². The van der Waals surface area contributed by atoms with E-state index in [2.05, 4.69) is 5.32 Å². The number of benzene rings is 1. The summed E-state index contributed by atoms with van der Waals surface area (Å²) < 4.78 is 0. The van der Waals surface area contributed by atoms with Gasteiger partial charge in [0.1, 0.15) is 0 Å². The van der Waals surface area contributed by atoms with Crippen LogP contribution in [0.4, 0.5) is 11.4 Å². The van der Waals surface area contributed by atoms with Crippen molar-refractivity contribution >= 4 is 23.2 Å². The second-order valence-corrected chi connectivity index (χ2v) is 4.35. The summed E-state index contributed by atoms with van der Waals surface area (Å²) in [4.78, 5) is 26.4. The van der Waals surface area contributed by atoms with Crippen LogP contribution in [0.1, 0.15) is 0 Å². The fourth-order valence-corrected chi connectivity index (χ4v) is 1.45. The van der Waals surface area contributed by atoms with Crippen molar-refractivity contribution in [2.45, 2.75) is 0 Å². The molecular formula is C13H19N3O3. The molecule has 0 saturated carbocycles. The first-order chi connectivity index (χ1) is 8.95. The molecule has 0 aliphatic rings. The summed E-state index contributed by atoms with van der Waals surface area (Å²) in [5.74, 6) is -1.39. The van der Waals surface area contributed by atoms with Crippen molar-refractivity contribution in [3.05, 3.63) is 24.3 Å². The molecule has 0 fully saturated rings. The van der Waals surface area contributed by atoms with Crippen LogP contribution in [0.25, 0.3) is 0 Å². The van der Waals surface area contributed by atoms with Gasteiger partial charge in [-0.25, -0.2) is 0 Å². The quantitative estimate of drug-likeness (QED) is 0.760. The molecule has 0 heterocycles. The zero-order valence-corrected chi connectivity index (χ0v) is 11.4. The maximum absolute atomic E-state index is 11.7. The summed E-state index contributed by atoms with van der Waals surface area (Å²) in [6, 6.07) is 7.15. The van der Waals surface area contributed by atoms with Gasteiger partial charge in [-0.15, -0.1) is 0 Å². The Bertz CT molecular complexity index is 443. The predicted octanol–water partition coefficient (Wildman–Crippen LogP) is 0.142. The van der Waals surface area contributed by atoms with Gasteiger partial charge in [0.2, 0.25) is 0 Å². The Hall–Kier alpha value is -2.08. The van der Waals surface area contributed by atoms with Gasteiger partial charge < -0.3 is 20.2 Å². The number of aliphatic hydroxyl groups is 1. The van der Waals surface area contributed by atoms with Gasteiger partial charge in [-0.2, -0.15) is 0 Å². The summed E-state index contributed by atoms with van der Waals surface area (Å²) in [5, 5.41) is 11.2. The third-order valence-electron chi connectivity index (χ3n) is 2.62. The molecule has 0 unspecified atom stereocenters. The topological polar surface area (TPSA) is 72.9 Å². The minimum atomic E-state index is -0.714. The lowest BCUT2D eigenvalue weighted by Gasteiger charge is -2.16. The lowest BCUT2D eigenvalue weighted by molar-refractivity contribution is -0.142. The van der Waals surface area contributed by atoms with E-state index in [1.165, 1.54) is 11.9 Å². The van der Waals surface area contributed by atoms with Crippen LogP contribution in [0.2, 0.25) is 0 Å². The highest BCUT2D eigenvalue weighted by Crippen LogP contribution is 2.15. The first-order valence-electron chi connectivity index (χ1n) is 5.90. The first-order valence-corrected chi connectivity index (χ1v) is 5.90. The molecule has 1 rings (SSSR count). The number of nitrogens with zero attached hydrogens (tertiary/aromatic N) is 2. The van der Waals surface area contributed by atoms with Gasteiger partial charge in [-0.3, -0.25) is 9.59 Å². The van der Waals surface area contributed by atoms with E-state index in [-0.39, 0.29) is 13.2 Å². The molecule has 0 spiro atoms. The number of aliphatic hydroxyl groups excluding tert-OH is 1. The van der Waals surface area contributed by atoms with Gasteiger partial charge in [-0.1, -0.05) is 0 Å². The van der Waals surface area contributed by atoms with Gasteiger partial charge in [-0.05, 0) is 24.3 Å². The maximum atomic E-state index is 11.7. The molecule has 6 nitrogen and oxygen atoms in total. The van der Waals surface area contributed by atoms with Gasteiger partial charge in [0, 0.05) is 39.1 Å². The normalized spacial score (nSPS) is 9.89. The average molecular weight is 265 g/mol.